The number of hydrogen-bond acceptors (Lipinski definition) is 3. The molecule has 1 rings (SSSR count). The van der Waals surface area contributed by atoms with Gasteiger partial charge in [-0.3, -0.25) is 4.90 Å². The first-order valence-corrected chi connectivity index (χ1v) is 5.83. The molecule has 1 saturated heterocycles. The normalized spacial score (nSPS) is 24.3. The number of methoxy groups -OCH3 is 1. The SMILES string of the molecule is COC[C@@H]1CCCN1[C@H](C#N)CC(C)C. The Bertz CT molecular complexity index is 222. The molecule has 1 heterocycles. The number of rotatable bonds is 5. The largest absolute Gasteiger partial charge is 0.383 e. The zero-order valence-corrected chi connectivity index (χ0v) is 10.1. The second-order valence-corrected chi connectivity index (χ2v) is 4.76. The van der Waals surface area contributed by atoms with Crippen molar-refractivity contribution in [3.8, 4) is 6.07 Å². The summed E-state index contributed by atoms with van der Waals surface area (Å²) in [5, 5.41) is 9.19. The minimum atomic E-state index is 0.0765. The third-order valence-electron chi connectivity index (χ3n) is 3.03. The molecule has 0 aromatic heterocycles. The molecule has 0 saturated carbocycles. The van der Waals surface area contributed by atoms with Crippen molar-refractivity contribution in [2.75, 3.05) is 20.3 Å². The quantitative estimate of drug-likeness (QED) is 0.696. The van der Waals surface area contributed by atoms with Crippen molar-refractivity contribution in [3.05, 3.63) is 0 Å². The van der Waals surface area contributed by atoms with Crippen molar-refractivity contribution in [2.24, 2.45) is 5.92 Å². The molecule has 3 nitrogen and oxygen atoms in total. The fraction of sp³-hybridized carbons (Fsp3) is 0.917. The Balaban J connectivity index is 2.55. The van der Waals surface area contributed by atoms with Crippen LogP contribution in [0.15, 0.2) is 0 Å². The standard InChI is InChI=1S/C12H22N2O/c1-10(2)7-12(8-13)14-6-4-5-11(14)9-15-3/h10-12H,4-7,9H2,1-3H3/t11-,12-/m0/s1. The summed E-state index contributed by atoms with van der Waals surface area (Å²) in [4.78, 5) is 2.32. The molecule has 0 spiro atoms. The summed E-state index contributed by atoms with van der Waals surface area (Å²) < 4.78 is 5.20. The Morgan fingerprint density at radius 2 is 2.27 bits per heavy atom. The topological polar surface area (TPSA) is 36.3 Å². The fourth-order valence-corrected chi connectivity index (χ4v) is 2.35. The van der Waals surface area contributed by atoms with Crippen molar-refractivity contribution in [3.63, 3.8) is 0 Å². The summed E-state index contributed by atoms with van der Waals surface area (Å²) in [7, 11) is 1.74. The highest BCUT2D eigenvalue weighted by atomic mass is 16.5. The first-order chi connectivity index (χ1) is 7.19. The van der Waals surface area contributed by atoms with Gasteiger partial charge in [-0.15, -0.1) is 0 Å². The van der Waals surface area contributed by atoms with E-state index in [4.69, 9.17) is 4.74 Å². The van der Waals surface area contributed by atoms with Gasteiger partial charge in [0.25, 0.3) is 0 Å². The van der Waals surface area contributed by atoms with Gasteiger partial charge in [-0.1, -0.05) is 13.8 Å². The zero-order chi connectivity index (χ0) is 11.3. The summed E-state index contributed by atoms with van der Waals surface area (Å²) in [5.41, 5.74) is 0. The van der Waals surface area contributed by atoms with Gasteiger partial charge in [-0.2, -0.15) is 5.26 Å². The zero-order valence-electron chi connectivity index (χ0n) is 10.1. The molecule has 0 aromatic rings. The second kappa shape index (κ2) is 6.09. The van der Waals surface area contributed by atoms with E-state index in [1.807, 2.05) is 0 Å². The van der Waals surface area contributed by atoms with Crippen LogP contribution in [0.4, 0.5) is 0 Å². The van der Waals surface area contributed by atoms with Gasteiger partial charge >= 0.3 is 0 Å². The fourth-order valence-electron chi connectivity index (χ4n) is 2.35. The number of hydrogen-bond donors (Lipinski definition) is 0. The first kappa shape index (κ1) is 12.5. The molecular formula is C12H22N2O. The van der Waals surface area contributed by atoms with E-state index in [1.165, 1.54) is 12.8 Å². The average molecular weight is 210 g/mol. The van der Waals surface area contributed by atoms with Crippen LogP contribution >= 0.6 is 0 Å². The molecule has 1 fully saturated rings. The maximum atomic E-state index is 9.19. The van der Waals surface area contributed by atoms with Gasteiger partial charge in [-0.25, -0.2) is 0 Å². The Morgan fingerprint density at radius 1 is 1.53 bits per heavy atom. The predicted molar refractivity (Wildman–Crippen MR) is 60.5 cm³/mol. The molecule has 0 N–H and O–H groups in total. The Labute approximate surface area is 93.0 Å². The molecule has 3 heteroatoms. The number of ether oxygens (including phenoxy) is 1. The summed E-state index contributed by atoms with van der Waals surface area (Å²) in [6.07, 6.45) is 3.34. The van der Waals surface area contributed by atoms with Crippen LogP contribution in [0, 0.1) is 17.2 Å². The van der Waals surface area contributed by atoms with E-state index in [0.29, 0.717) is 12.0 Å². The number of nitrogens with zero attached hydrogens (tertiary/aromatic N) is 2. The lowest BCUT2D eigenvalue weighted by molar-refractivity contribution is 0.0970. The van der Waals surface area contributed by atoms with Crippen LogP contribution in [0.1, 0.15) is 33.1 Å². The first-order valence-electron chi connectivity index (χ1n) is 5.83. The van der Waals surface area contributed by atoms with Crippen LogP contribution in [0.2, 0.25) is 0 Å². The van der Waals surface area contributed by atoms with Crippen molar-refractivity contribution >= 4 is 0 Å². The highest BCUT2D eigenvalue weighted by Gasteiger charge is 2.30. The van der Waals surface area contributed by atoms with Gasteiger partial charge in [0, 0.05) is 13.2 Å². The van der Waals surface area contributed by atoms with Gasteiger partial charge < -0.3 is 4.74 Å². The van der Waals surface area contributed by atoms with Crippen molar-refractivity contribution < 1.29 is 4.74 Å². The third kappa shape index (κ3) is 3.48. The summed E-state index contributed by atoms with van der Waals surface area (Å²) >= 11 is 0. The van der Waals surface area contributed by atoms with E-state index in [1.54, 1.807) is 7.11 Å². The van der Waals surface area contributed by atoms with E-state index in [0.717, 1.165) is 19.6 Å². The maximum absolute atomic E-state index is 9.19. The summed E-state index contributed by atoms with van der Waals surface area (Å²) in [6.45, 7) is 6.16. The van der Waals surface area contributed by atoms with Crippen LogP contribution in [-0.4, -0.2) is 37.2 Å². The van der Waals surface area contributed by atoms with Gasteiger partial charge in [0.2, 0.25) is 0 Å². The lowest BCUT2D eigenvalue weighted by Gasteiger charge is -2.29. The highest BCUT2D eigenvalue weighted by molar-refractivity contribution is 4.97. The lowest BCUT2D eigenvalue weighted by atomic mass is 10.0. The van der Waals surface area contributed by atoms with Crippen LogP contribution < -0.4 is 0 Å². The number of nitriles is 1. The van der Waals surface area contributed by atoms with Crippen molar-refractivity contribution in [2.45, 2.75) is 45.2 Å². The van der Waals surface area contributed by atoms with E-state index < -0.39 is 0 Å². The third-order valence-corrected chi connectivity index (χ3v) is 3.03. The Kier molecular flexibility index (Phi) is 5.07. The minimum absolute atomic E-state index is 0.0765. The number of likely N-dealkylation sites (tertiary alicyclic amines) is 1. The molecular weight excluding hydrogens is 188 g/mol. The smallest absolute Gasteiger partial charge is 0.0983 e. The average Bonchev–Trinajstić information content (AvgIpc) is 2.63. The minimum Gasteiger partial charge on any atom is -0.383 e. The molecule has 86 valence electrons. The molecule has 0 aromatic carbocycles. The molecule has 0 amide bonds. The van der Waals surface area contributed by atoms with Gasteiger partial charge in [-0.05, 0) is 31.7 Å². The van der Waals surface area contributed by atoms with Crippen LogP contribution in [-0.2, 0) is 4.74 Å². The summed E-state index contributed by atoms with van der Waals surface area (Å²) in [6, 6.07) is 2.97. The van der Waals surface area contributed by atoms with Gasteiger partial charge in [0.05, 0.1) is 18.7 Å². The van der Waals surface area contributed by atoms with Crippen LogP contribution in [0.25, 0.3) is 0 Å². The molecule has 15 heavy (non-hydrogen) atoms. The molecule has 0 radical (unpaired) electrons. The van der Waals surface area contributed by atoms with E-state index >= 15 is 0 Å². The van der Waals surface area contributed by atoms with Gasteiger partial charge in [0.15, 0.2) is 0 Å². The molecule has 2 atom stereocenters. The second-order valence-electron chi connectivity index (χ2n) is 4.76. The Morgan fingerprint density at radius 3 is 2.80 bits per heavy atom. The Hall–Kier alpha value is -0.590. The van der Waals surface area contributed by atoms with Gasteiger partial charge in [0.1, 0.15) is 0 Å². The summed E-state index contributed by atoms with van der Waals surface area (Å²) in [5.74, 6) is 0.582. The molecule has 0 bridgehead atoms. The predicted octanol–water partition coefficient (Wildman–Crippen LogP) is 2.04. The monoisotopic (exact) mass is 210 g/mol. The van der Waals surface area contributed by atoms with Crippen LogP contribution in [0.3, 0.4) is 0 Å². The van der Waals surface area contributed by atoms with Crippen LogP contribution in [0.5, 0.6) is 0 Å². The molecule has 1 aliphatic rings. The van der Waals surface area contributed by atoms with Crippen molar-refractivity contribution in [1.29, 1.82) is 5.26 Å². The van der Waals surface area contributed by atoms with E-state index in [9.17, 15) is 5.26 Å². The van der Waals surface area contributed by atoms with Crippen molar-refractivity contribution in [1.82, 2.24) is 4.90 Å². The molecule has 1 aliphatic heterocycles. The molecule has 0 unspecified atom stereocenters. The van der Waals surface area contributed by atoms with E-state index in [-0.39, 0.29) is 6.04 Å². The maximum Gasteiger partial charge on any atom is 0.0983 e. The lowest BCUT2D eigenvalue weighted by Crippen LogP contribution is -2.41. The highest BCUT2D eigenvalue weighted by Crippen LogP contribution is 2.23. The van der Waals surface area contributed by atoms with E-state index in [2.05, 4.69) is 24.8 Å². The molecule has 0 aliphatic carbocycles.